The van der Waals surface area contributed by atoms with Gasteiger partial charge in [-0.3, -0.25) is 10.1 Å². The van der Waals surface area contributed by atoms with Gasteiger partial charge in [0.2, 0.25) is 0 Å². The fourth-order valence-corrected chi connectivity index (χ4v) is 2.61. The Morgan fingerprint density at radius 3 is 2.94 bits per heavy atom. The van der Waals surface area contributed by atoms with Gasteiger partial charge in [0.1, 0.15) is 0 Å². The predicted molar refractivity (Wildman–Crippen MR) is 65.5 cm³/mol. The average Bonchev–Trinajstić information content (AvgIpc) is 2.69. The second kappa shape index (κ2) is 4.93. The number of rotatable bonds is 3. The molecular weight excluding hydrogens is 272 g/mol. The summed E-state index contributed by atoms with van der Waals surface area (Å²) in [6.45, 7) is 2.07. The SMILES string of the molecule is O=[N+]([O-])c1cc(Br)cc(CC2CCNC2)c1. The van der Waals surface area contributed by atoms with Gasteiger partial charge in [0, 0.05) is 16.6 Å². The molecule has 0 aliphatic carbocycles. The Hall–Kier alpha value is -0.940. The minimum absolute atomic E-state index is 0.162. The van der Waals surface area contributed by atoms with Crippen LogP contribution in [0.2, 0.25) is 0 Å². The number of benzene rings is 1. The van der Waals surface area contributed by atoms with E-state index in [4.69, 9.17) is 0 Å². The summed E-state index contributed by atoms with van der Waals surface area (Å²) in [6, 6.07) is 5.17. The normalized spacial score (nSPS) is 19.9. The van der Waals surface area contributed by atoms with E-state index in [9.17, 15) is 10.1 Å². The first-order valence-electron chi connectivity index (χ1n) is 5.30. The molecule has 0 aromatic heterocycles. The zero-order chi connectivity index (χ0) is 11.5. The number of hydrogen-bond acceptors (Lipinski definition) is 3. The Kier molecular flexibility index (Phi) is 3.56. The van der Waals surface area contributed by atoms with Gasteiger partial charge in [0.15, 0.2) is 0 Å². The third-order valence-electron chi connectivity index (χ3n) is 2.84. The first-order valence-corrected chi connectivity index (χ1v) is 6.09. The molecule has 1 atom stereocenters. The summed E-state index contributed by atoms with van der Waals surface area (Å²) in [5.41, 5.74) is 1.20. The number of halogens is 1. The second-order valence-electron chi connectivity index (χ2n) is 4.14. The molecule has 1 unspecified atom stereocenters. The van der Waals surface area contributed by atoms with Gasteiger partial charge >= 0.3 is 0 Å². The van der Waals surface area contributed by atoms with E-state index in [1.54, 1.807) is 6.07 Å². The summed E-state index contributed by atoms with van der Waals surface area (Å²) < 4.78 is 0.780. The van der Waals surface area contributed by atoms with Crippen molar-refractivity contribution < 1.29 is 4.92 Å². The van der Waals surface area contributed by atoms with E-state index < -0.39 is 0 Å². The van der Waals surface area contributed by atoms with Crippen molar-refractivity contribution >= 4 is 21.6 Å². The zero-order valence-electron chi connectivity index (χ0n) is 8.78. The van der Waals surface area contributed by atoms with Crippen molar-refractivity contribution in [3.63, 3.8) is 0 Å². The lowest BCUT2D eigenvalue weighted by Crippen LogP contribution is -2.10. The average molecular weight is 285 g/mol. The van der Waals surface area contributed by atoms with Crippen LogP contribution >= 0.6 is 15.9 Å². The van der Waals surface area contributed by atoms with Crippen molar-refractivity contribution in [2.75, 3.05) is 13.1 Å². The van der Waals surface area contributed by atoms with E-state index in [2.05, 4.69) is 21.2 Å². The quantitative estimate of drug-likeness (QED) is 0.685. The minimum Gasteiger partial charge on any atom is -0.316 e. The van der Waals surface area contributed by atoms with E-state index >= 15 is 0 Å². The van der Waals surface area contributed by atoms with Crippen LogP contribution in [0.5, 0.6) is 0 Å². The van der Waals surface area contributed by atoms with Gasteiger partial charge in [-0.15, -0.1) is 0 Å². The summed E-state index contributed by atoms with van der Waals surface area (Å²) in [7, 11) is 0. The number of nitro benzene ring substituents is 1. The fraction of sp³-hybridized carbons (Fsp3) is 0.455. The first kappa shape index (κ1) is 11.5. The van der Waals surface area contributed by atoms with Gasteiger partial charge in [0.05, 0.1) is 4.92 Å². The highest BCUT2D eigenvalue weighted by atomic mass is 79.9. The standard InChI is InChI=1S/C11H13BrN2O2/c12-10-4-9(3-8-1-2-13-7-8)5-11(6-10)14(15)16/h4-6,8,13H,1-3,7H2. The molecular formula is C11H13BrN2O2. The molecule has 1 aromatic carbocycles. The van der Waals surface area contributed by atoms with Gasteiger partial charge in [-0.25, -0.2) is 0 Å². The summed E-state index contributed by atoms with van der Waals surface area (Å²) in [4.78, 5) is 10.4. The highest BCUT2D eigenvalue weighted by Crippen LogP contribution is 2.24. The van der Waals surface area contributed by atoms with E-state index in [1.165, 1.54) is 6.07 Å². The fourth-order valence-electron chi connectivity index (χ4n) is 2.08. The highest BCUT2D eigenvalue weighted by Gasteiger charge is 2.16. The van der Waals surface area contributed by atoms with Crippen LogP contribution in [0.4, 0.5) is 5.69 Å². The second-order valence-corrected chi connectivity index (χ2v) is 5.05. The lowest BCUT2D eigenvalue weighted by atomic mass is 9.98. The van der Waals surface area contributed by atoms with Gasteiger partial charge in [-0.2, -0.15) is 0 Å². The highest BCUT2D eigenvalue weighted by molar-refractivity contribution is 9.10. The molecule has 1 aromatic rings. The molecule has 1 saturated heterocycles. The summed E-state index contributed by atoms with van der Waals surface area (Å²) in [5.74, 6) is 0.605. The van der Waals surface area contributed by atoms with Crippen LogP contribution in [0, 0.1) is 16.0 Å². The molecule has 0 bridgehead atoms. The predicted octanol–water partition coefficient (Wildman–Crippen LogP) is 2.51. The minimum atomic E-state index is -0.346. The van der Waals surface area contributed by atoms with Crippen LogP contribution in [0.25, 0.3) is 0 Å². The number of hydrogen-bond donors (Lipinski definition) is 1. The summed E-state index contributed by atoms with van der Waals surface area (Å²) >= 11 is 3.31. The number of nitrogens with zero attached hydrogens (tertiary/aromatic N) is 1. The third-order valence-corrected chi connectivity index (χ3v) is 3.30. The van der Waals surface area contributed by atoms with Gasteiger partial charge in [-0.05, 0) is 43.5 Å². The third kappa shape index (κ3) is 2.80. The van der Waals surface area contributed by atoms with E-state index in [0.717, 1.165) is 36.0 Å². The van der Waals surface area contributed by atoms with Gasteiger partial charge in [0.25, 0.3) is 5.69 Å². The van der Waals surface area contributed by atoms with Crippen LogP contribution in [0.1, 0.15) is 12.0 Å². The maximum absolute atomic E-state index is 10.7. The van der Waals surface area contributed by atoms with Crippen LogP contribution in [-0.2, 0) is 6.42 Å². The summed E-state index contributed by atoms with van der Waals surface area (Å²) in [5, 5.41) is 14.0. The Bertz CT molecular complexity index is 403. The topological polar surface area (TPSA) is 55.2 Å². The van der Waals surface area contributed by atoms with E-state index in [1.807, 2.05) is 6.07 Å². The van der Waals surface area contributed by atoms with E-state index in [-0.39, 0.29) is 10.6 Å². The molecule has 86 valence electrons. The Morgan fingerprint density at radius 1 is 1.50 bits per heavy atom. The molecule has 5 heteroatoms. The van der Waals surface area contributed by atoms with E-state index in [0.29, 0.717) is 5.92 Å². The number of nitro groups is 1. The van der Waals surface area contributed by atoms with Crippen molar-refractivity contribution in [2.24, 2.45) is 5.92 Å². The number of non-ortho nitro benzene ring substituents is 1. The maximum Gasteiger partial charge on any atom is 0.270 e. The first-order chi connectivity index (χ1) is 7.65. The van der Waals surface area contributed by atoms with Crippen LogP contribution in [-0.4, -0.2) is 18.0 Å². The molecule has 0 radical (unpaired) electrons. The van der Waals surface area contributed by atoms with Crippen LogP contribution in [0.15, 0.2) is 22.7 Å². The largest absolute Gasteiger partial charge is 0.316 e. The van der Waals surface area contributed by atoms with Crippen molar-refractivity contribution in [1.82, 2.24) is 5.32 Å². The molecule has 1 aliphatic heterocycles. The molecule has 0 saturated carbocycles. The molecule has 1 fully saturated rings. The monoisotopic (exact) mass is 284 g/mol. The lowest BCUT2D eigenvalue weighted by Gasteiger charge is -2.08. The lowest BCUT2D eigenvalue weighted by molar-refractivity contribution is -0.385. The van der Waals surface area contributed by atoms with Crippen molar-refractivity contribution in [3.05, 3.63) is 38.3 Å². The molecule has 16 heavy (non-hydrogen) atoms. The molecule has 1 N–H and O–H groups in total. The van der Waals surface area contributed by atoms with Crippen LogP contribution < -0.4 is 5.32 Å². The molecule has 1 heterocycles. The zero-order valence-corrected chi connectivity index (χ0v) is 10.4. The number of nitrogens with one attached hydrogen (secondary N) is 1. The van der Waals surface area contributed by atoms with Crippen molar-refractivity contribution in [2.45, 2.75) is 12.8 Å². The van der Waals surface area contributed by atoms with Gasteiger partial charge < -0.3 is 5.32 Å². The molecule has 1 aliphatic rings. The molecule has 2 rings (SSSR count). The van der Waals surface area contributed by atoms with Crippen molar-refractivity contribution in [1.29, 1.82) is 0 Å². The maximum atomic E-state index is 10.7. The Labute approximate surface area is 102 Å². The van der Waals surface area contributed by atoms with Gasteiger partial charge in [-0.1, -0.05) is 15.9 Å². The Balaban J connectivity index is 2.16. The molecule has 0 amide bonds. The smallest absolute Gasteiger partial charge is 0.270 e. The summed E-state index contributed by atoms with van der Waals surface area (Å²) in [6.07, 6.45) is 2.06. The van der Waals surface area contributed by atoms with Crippen molar-refractivity contribution in [3.8, 4) is 0 Å². The Morgan fingerprint density at radius 2 is 2.31 bits per heavy atom. The molecule has 4 nitrogen and oxygen atoms in total. The van der Waals surface area contributed by atoms with Crippen LogP contribution in [0.3, 0.4) is 0 Å². The molecule has 0 spiro atoms.